The molecule has 1 aromatic rings. The summed E-state index contributed by atoms with van der Waals surface area (Å²) in [5.41, 5.74) is 5.12. The van der Waals surface area contributed by atoms with Crippen molar-refractivity contribution < 1.29 is 21.6 Å². The number of alkyl halides is 3. The van der Waals surface area contributed by atoms with Crippen LogP contribution < -0.4 is 5.73 Å². The largest absolute Gasteiger partial charge is 0.416 e. The fourth-order valence-electron chi connectivity index (χ4n) is 3.65. The minimum atomic E-state index is -4.56. The number of hydrogen-bond donors (Lipinski definition) is 1. The molecule has 2 aliphatic rings. The predicted molar refractivity (Wildman–Crippen MR) is 79.0 cm³/mol. The predicted octanol–water partition coefficient (Wildman–Crippen LogP) is 2.45. The average Bonchev–Trinajstić information content (AvgIpc) is 2.93. The Morgan fingerprint density at radius 1 is 1.17 bits per heavy atom. The van der Waals surface area contributed by atoms with E-state index >= 15 is 0 Å². The molecule has 2 N–H and O–H groups in total. The molecule has 1 aliphatic heterocycles. The lowest BCUT2D eigenvalue weighted by Crippen LogP contribution is -2.38. The van der Waals surface area contributed by atoms with Crippen molar-refractivity contribution in [3.8, 4) is 0 Å². The van der Waals surface area contributed by atoms with E-state index in [1.54, 1.807) is 0 Å². The van der Waals surface area contributed by atoms with E-state index in [1.807, 2.05) is 0 Å². The van der Waals surface area contributed by atoms with Crippen molar-refractivity contribution in [1.82, 2.24) is 4.31 Å². The zero-order valence-electron chi connectivity index (χ0n) is 12.5. The van der Waals surface area contributed by atoms with Gasteiger partial charge in [0.15, 0.2) is 0 Å². The van der Waals surface area contributed by atoms with E-state index < -0.39 is 21.8 Å². The number of fused-ring (bicyclic) bond motifs is 1. The minimum absolute atomic E-state index is 0.0320. The highest BCUT2D eigenvalue weighted by atomic mass is 32.2. The van der Waals surface area contributed by atoms with Gasteiger partial charge in [0.1, 0.15) is 0 Å². The van der Waals surface area contributed by atoms with E-state index in [9.17, 15) is 21.6 Å². The van der Waals surface area contributed by atoms with Crippen LogP contribution in [0.2, 0.25) is 0 Å². The van der Waals surface area contributed by atoms with Crippen LogP contribution in [-0.2, 0) is 16.2 Å². The van der Waals surface area contributed by atoms with E-state index in [1.165, 1.54) is 10.4 Å². The van der Waals surface area contributed by atoms with Crippen LogP contribution in [0.25, 0.3) is 0 Å². The van der Waals surface area contributed by atoms with Crippen molar-refractivity contribution in [2.75, 3.05) is 13.1 Å². The third-order valence-electron chi connectivity index (χ3n) is 4.92. The molecule has 8 heteroatoms. The monoisotopic (exact) mass is 348 g/mol. The van der Waals surface area contributed by atoms with Crippen LogP contribution in [-0.4, -0.2) is 31.9 Å². The summed E-state index contributed by atoms with van der Waals surface area (Å²) in [6.07, 6.45) is -1.79. The van der Waals surface area contributed by atoms with Crippen molar-refractivity contribution in [2.24, 2.45) is 17.6 Å². The molecule has 1 saturated heterocycles. The minimum Gasteiger partial charge on any atom is -0.327 e. The summed E-state index contributed by atoms with van der Waals surface area (Å²) in [6, 6.07) is 3.89. The smallest absolute Gasteiger partial charge is 0.327 e. The van der Waals surface area contributed by atoms with Crippen LogP contribution in [0.15, 0.2) is 29.2 Å². The molecule has 1 saturated carbocycles. The van der Waals surface area contributed by atoms with Gasteiger partial charge in [-0.15, -0.1) is 0 Å². The molecule has 2 fully saturated rings. The van der Waals surface area contributed by atoms with Crippen LogP contribution in [0.4, 0.5) is 13.2 Å². The van der Waals surface area contributed by atoms with Crippen LogP contribution in [0.5, 0.6) is 0 Å². The van der Waals surface area contributed by atoms with Gasteiger partial charge in [0.05, 0.1) is 10.5 Å². The summed E-state index contributed by atoms with van der Waals surface area (Å²) in [5.74, 6) is 0.309. The van der Waals surface area contributed by atoms with Gasteiger partial charge in [0, 0.05) is 19.1 Å². The highest BCUT2D eigenvalue weighted by Crippen LogP contribution is 2.38. The van der Waals surface area contributed by atoms with E-state index in [0.29, 0.717) is 19.2 Å². The first-order valence-electron chi connectivity index (χ1n) is 7.62. The molecule has 128 valence electrons. The Bertz CT molecular complexity index is 690. The Kier molecular flexibility index (Phi) is 4.18. The van der Waals surface area contributed by atoms with Crippen molar-refractivity contribution >= 4 is 10.0 Å². The number of hydrogen-bond acceptors (Lipinski definition) is 3. The fourth-order valence-corrected chi connectivity index (χ4v) is 5.23. The number of nitrogens with zero attached hydrogens (tertiary/aromatic N) is 1. The summed E-state index contributed by atoms with van der Waals surface area (Å²) >= 11 is 0. The Morgan fingerprint density at radius 3 is 2.57 bits per heavy atom. The maximum Gasteiger partial charge on any atom is 0.416 e. The van der Waals surface area contributed by atoms with Gasteiger partial charge in [-0.2, -0.15) is 17.5 Å². The molecule has 4 nitrogen and oxygen atoms in total. The molecule has 0 radical (unpaired) electrons. The van der Waals surface area contributed by atoms with E-state index in [0.717, 1.165) is 31.4 Å². The molecule has 3 atom stereocenters. The first-order chi connectivity index (χ1) is 10.7. The van der Waals surface area contributed by atoms with Gasteiger partial charge in [-0.05, 0) is 42.9 Å². The van der Waals surface area contributed by atoms with E-state index in [4.69, 9.17) is 5.73 Å². The summed E-state index contributed by atoms with van der Waals surface area (Å²) < 4.78 is 65.1. The lowest BCUT2D eigenvalue weighted by Gasteiger charge is -2.29. The summed E-state index contributed by atoms with van der Waals surface area (Å²) in [6.45, 7) is 0.640. The van der Waals surface area contributed by atoms with Crippen LogP contribution in [0.1, 0.15) is 24.8 Å². The molecule has 1 aromatic carbocycles. The Balaban J connectivity index is 1.88. The number of nitrogens with two attached hydrogens (primary N) is 1. The third-order valence-corrected chi connectivity index (χ3v) is 6.75. The van der Waals surface area contributed by atoms with E-state index in [-0.39, 0.29) is 22.8 Å². The molecule has 0 aromatic heterocycles. The van der Waals surface area contributed by atoms with Crippen LogP contribution in [0, 0.1) is 11.8 Å². The van der Waals surface area contributed by atoms with Gasteiger partial charge in [0.2, 0.25) is 10.0 Å². The third kappa shape index (κ3) is 3.12. The second kappa shape index (κ2) is 5.75. The normalized spacial score (nSPS) is 29.5. The Morgan fingerprint density at radius 2 is 1.91 bits per heavy atom. The Hall–Kier alpha value is -1.12. The van der Waals surface area contributed by atoms with Crippen LogP contribution >= 0.6 is 0 Å². The molecule has 1 aliphatic carbocycles. The maximum atomic E-state index is 12.8. The number of sulfonamides is 1. The summed E-state index contributed by atoms with van der Waals surface area (Å²) in [7, 11) is -3.93. The van der Waals surface area contributed by atoms with Gasteiger partial charge in [0.25, 0.3) is 0 Å². The second-order valence-corrected chi connectivity index (χ2v) is 8.30. The van der Waals surface area contributed by atoms with Gasteiger partial charge >= 0.3 is 6.18 Å². The summed E-state index contributed by atoms with van der Waals surface area (Å²) in [4.78, 5) is -0.306. The highest BCUT2D eigenvalue weighted by Gasteiger charge is 2.43. The van der Waals surface area contributed by atoms with Crippen molar-refractivity contribution in [3.63, 3.8) is 0 Å². The first-order valence-corrected chi connectivity index (χ1v) is 9.06. The standard InChI is InChI=1S/C15H19F3N2O2S/c16-15(17,18)11-4-2-5-12(7-11)23(21,22)20-8-10-3-1-6-14(19)13(10)9-20/h2,4-5,7,10,13-14H,1,3,6,8-9,19H2. The maximum absolute atomic E-state index is 12.8. The lowest BCUT2D eigenvalue weighted by atomic mass is 9.78. The van der Waals surface area contributed by atoms with E-state index in [2.05, 4.69) is 0 Å². The first kappa shape index (κ1) is 16.7. The van der Waals surface area contributed by atoms with Crippen molar-refractivity contribution in [3.05, 3.63) is 29.8 Å². The van der Waals surface area contributed by atoms with Gasteiger partial charge < -0.3 is 5.73 Å². The van der Waals surface area contributed by atoms with Crippen molar-refractivity contribution in [1.29, 1.82) is 0 Å². The zero-order chi connectivity index (χ0) is 16.8. The number of benzene rings is 1. The molecule has 3 unspecified atom stereocenters. The molecular formula is C15H19F3N2O2S. The fraction of sp³-hybridized carbons (Fsp3) is 0.600. The second-order valence-electron chi connectivity index (χ2n) is 6.37. The highest BCUT2D eigenvalue weighted by molar-refractivity contribution is 7.89. The van der Waals surface area contributed by atoms with Gasteiger partial charge in [-0.3, -0.25) is 0 Å². The molecule has 23 heavy (non-hydrogen) atoms. The lowest BCUT2D eigenvalue weighted by molar-refractivity contribution is -0.137. The molecular weight excluding hydrogens is 329 g/mol. The molecule has 0 amide bonds. The van der Waals surface area contributed by atoms with Crippen LogP contribution in [0.3, 0.4) is 0 Å². The SMILES string of the molecule is NC1CCCC2CN(S(=O)(=O)c3cccc(C(F)(F)F)c3)CC12. The number of halogens is 3. The average molecular weight is 348 g/mol. The summed E-state index contributed by atoms with van der Waals surface area (Å²) in [5, 5.41) is 0. The molecule has 3 rings (SSSR count). The van der Waals surface area contributed by atoms with Crippen molar-refractivity contribution in [2.45, 2.75) is 36.4 Å². The quantitative estimate of drug-likeness (QED) is 0.893. The van der Waals surface area contributed by atoms with Gasteiger partial charge in [-0.25, -0.2) is 8.42 Å². The number of rotatable bonds is 2. The zero-order valence-corrected chi connectivity index (χ0v) is 13.3. The molecule has 0 bridgehead atoms. The topological polar surface area (TPSA) is 63.4 Å². The Labute approximate surface area is 133 Å². The van der Waals surface area contributed by atoms with Gasteiger partial charge in [-0.1, -0.05) is 12.5 Å². The molecule has 1 heterocycles. The molecule has 0 spiro atoms.